The normalized spacial score (nSPS) is 9.14. The fourth-order valence-electron chi connectivity index (χ4n) is 0.368. The largest absolute Gasteiger partial charge is 0.480 e. The standard InChI is InChI=1S/C5H11NO2S.C2N2.BrH/c1-9-3-2-4(6)5(7)8;3-1-2-4;/h4H,2-3,6H2,1H3,(H,7,8);;1H. The molecular weight excluding hydrogens is 270 g/mol. The minimum Gasteiger partial charge on any atom is -0.480 e. The Morgan fingerprint density at radius 3 is 2.21 bits per heavy atom. The third-order valence-corrected chi connectivity index (χ3v) is 1.64. The summed E-state index contributed by atoms with van der Waals surface area (Å²) in [7, 11) is 0. The number of nitriles is 2. The Morgan fingerprint density at radius 2 is 2.00 bits per heavy atom. The summed E-state index contributed by atoms with van der Waals surface area (Å²) in [4.78, 5) is 10.1. The average molecular weight is 282 g/mol. The maximum absolute atomic E-state index is 10.1. The molecular formula is C7H12BrN3O2S. The van der Waals surface area contributed by atoms with Crippen molar-refractivity contribution in [1.82, 2.24) is 0 Å². The molecule has 0 aromatic heterocycles. The third-order valence-electron chi connectivity index (χ3n) is 1.00. The molecule has 0 saturated heterocycles. The Balaban J connectivity index is -0.000000209. The SMILES string of the molecule is Br.CSCCC(N)C(=O)O.N#CC#N. The molecule has 0 heterocycles. The zero-order chi connectivity index (χ0) is 10.7. The quantitative estimate of drug-likeness (QED) is 0.787. The van der Waals surface area contributed by atoms with Gasteiger partial charge in [0.05, 0.1) is 0 Å². The summed E-state index contributed by atoms with van der Waals surface area (Å²) >= 11 is 1.60. The van der Waals surface area contributed by atoms with Gasteiger partial charge in [0.1, 0.15) is 6.04 Å². The summed E-state index contributed by atoms with van der Waals surface area (Å²) in [6.45, 7) is 0. The number of halogens is 1. The molecule has 14 heavy (non-hydrogen) atoms. The van der Waals surface area contributed by atoms with Crippen LogP contribution in [-0.2, 0) is 4.79 Å². The zero-order valence-corrected chi connectivity index (χ0v) is 10.2. The van der Waals surface area contributed by atoms with Gasteiger partial charge in [0.15, 0.2) is 12.1 Å². The summed E-state index contributed by atoms with van der Waals surface area (Å²) in [5, 5.41) is 22.8. The molecule has 5 nitrogen and oxygen atoms in total. The summed E-state index contributed by atoms with van der Waals surface area (Å²) in [5.41, 5.74) is 5.19. The maximum atomic E-state index is 10.1. The Labute approximate surface area is 97.7 Å². The lowest BCUT2D eigenvalue weighted by Gasteiger charge is -2.02. The molecule has 0 amide bonds. The van der Waals surface area contributed by atoms with Crippen LogP contribution >= 0.6 is 28.7 Å². The van der Waals surface area contributed by atoms with E-state index in [1.165, 1.54) is 12.1 Å². The molecule has 80 valence electrons. The molecule has 0 radical (unpaired) electrons. The monoisotopic (exact) mass is 281 g/mol. The fourth-order valence-corrected chi connectivity index (χ4v) is 0.858. The van der Waals surface area contributed by atoms with Gasteiger partial charge in [0.25, 0.3) is 0 Å². The summed E-state index contributed by atoms with van der Waals surface area (Å²) in [5.74, 6) is -0.1000. The van der Waals surface area contributed by atoms with Gasteiger partial charge in [-0.25, -0.2) is 0 Å². The van der Waals surface area contributed by atoms with Crippen molar-refractivity contribution < 1.29 is 9.90 Å². The van der Waals surface area contributed by atoms with Crippen LogP contribution in [-0.4, -0.2) is 29.1 Å². The first-order valence-electron chi connectivity index (χ1n) is 3.35. The Kier molecular flexibility index (Phi) is 19.9. The Bertz CT molecular complexity index is 212. The number of carboxylic acid groups (broad SMARTS) is 1. The van der Waals surface area contributed by atoms with E-state index >= 15 is 0 Å². The van der Waals surface area contributed by atoms with Crippen molar-refractivity contribution in [3.63, 3.8) is 0 Å². The van der Waals surface area contributed by atoms with Crippen molar-refractivity contribution >= 4 is 34.7 Å². The molecule has 0 fully saturated rings. The van der Waals surface area contributed by atoms with E-state index in [-0.39, 0.29) is 17.0 Å². The maximum Gasteiger partial charge on any atom is 0.320 e. The molecule has 0 bridgehead atoms. The highest BCUT2D eigenvalue weighted by Gasteiger charge is 2.08. The number of hydrogen-bond acceptors (Lipinski definition) is 5. The summed E-state index contributed by atoms with van der Waals surface area (Å²) in [6.07, 6.45) is 2.48. The molecule has 1 atom stereocenters. The van der Waals surface area contributed by atoms with Gasteiger partial charge in [-0.2, -0.15) is 22.3 Å². The highest BCUT2D eigenvalue weighted by Crippen LogP contribution is 1.97. The molecule has 0 saturated carbocycles. The highest BCUT2D eigenvalue weighted by atomic mass is 79.9. The van der Waals surface area contributed by atoms with E-state index in [0.29, 0.717) is 6.42 Å². The van der Waals surface area contributed by atoms with E-state index < -0.39 is 12.0 Å². The lowest BCUT2D eigenvalue weighted by Crippen LogP contribution is -2.30. The van der Waals surface area contributed by atoms with Crippen molar-refractivity contribution in [2.24, 2.45) is 5.73 Å². The van der Waals surface area contributed by atoms with Crippen molar-refractivity contribution in [1.29, 1.82) is 10.5 Å². The number of carbonyl (C=O) groups is 1. The molecule has 0 spiro atoms. The van der Waals surface area contributed by atoms with E-state index in [4.69, 9.17) is 21.4 Å². The number of nitrogens with two attached hydrogens (primary N) is 1. The van der Waals surface area contributed by atoms with E-state index in [1.54, 1.807) is 11.8 Å². The van der Waals surface area contributed by atoms with Gasteiger partial charge < -0.3 is 10.8 Å². The molecule has 0 aliphatic carbocycles. The van der Waals surface area contributed by atoms with Gasteiger partial charge >= 0.3 is 5.97 Å². The first kappa shape index (κ1) is 18.9. The number of aliphatic carboxylic acids is 1. The number of rotatable bonds is 4. The number of carboxylic acids is 1. The second-order valence-electron chi connectivity index (χ2n) is 1.95. The molecule has 0 rings (SSSR count). The Morgan fingerprint density at radius 1 is 1.57 bits per heavy atom. The molecule has 1 unspecified atom stereocenters. The molecule has 0 aliphatic rings. The first-order chi connectivity index (χ1) is 6.09. The van der Waals surface area contributed by atoms with Gasteiger partial charge in [0, 0.05) is 0 Å². The van der Waals surface area contributed by atoms with Crippen LogP contribution in [0.4, 0.5) is 0 Å². The molecule has 0 aliphatic heterocycles. The smallest absolute Gasteiger partial charge is 0.320 e. The van der Waals surface area contributed by atoms with Gasteiger partial charge in [0.2, 0.25) is 0 Å². The van der Waals surface area contributed by atoms with Crippen LogP contribution < -0.4 is 5.73 Å². The van der Waals surface area contributed by atoms with Crippen LogP contribution in [0.5, 0.6) is 0 Å². The van der Waals surface area contributed by atoms with Crippen LogP contribution in [0, 0.1) is 22.7 Å². The minimum absolute atomic E-state index is 0. The highest BCUT2D eigenvalue weighted by molar-refractivity contribution is 8.93. The minimum atomic E-state index is -0.913. The molecule has 7 heteroatoms. The zero-order valence-electron chi connectivity index (χ0n) is 7.64. The lowest BCUT2D eigenvalue weighted by atomic mass is 10.2. The van der Waals surface area contributed by atoms with Crippen molar-refractivity contribution in [2.75, 3.05) is 12.0 Å². The summed E-state index contributed by atoms with van der Waals surface area (Å²) < 4.78 is 0. The third kappa shape index (κ3) is 17.4. The number of thioether (sulfide) groups is 1. The second kappa shape index (κ2) is 14.7. The van der Waals surface area contributed by atoms with Gasteiger partial charge in [-0.05, 0) is 18.4 Å². The number of hydrogen-bond donors (Lipinski definition) is 2. The fraction of sp³-hybridized carbons (Fsp3) is 0.571. The van der Waals surface area contributed by atoms with Crippen LogP contribution in [0.3, 0.4) is 0 Å². The molecule has 0 aromatic rings. The second-order valence-corrected chi connectivity index (χ2v) is 2.94. The average Bonchev–Trinajstić information content (AvgIpc) is 2.14. The van der Waals surface area contributed by atoms with Crippen LogP contribution in [0.25, 0.3) is 0 Å². The van der Waals surface area contributed by atoms with E-state index in [0.717, 1.165) is 5.75 Å². The number of nitrogens with zero attached hydrogens (tertiary/aromatic N) is 2. The van der Waals surface area contributed by atoms with Crippen LogP contribution in [0.2, 0.25) is 0 Å². The van der Waals surface area contributed by atoms with Crippen LogP contribution in [0.1, 0.15) is 6.42 Å². The lowest BCUT2D eigenvalue weighted by molar-refractivity contribution is -0.138. The predicted octanol–water partition coefficient (Wildman–Crippen LogP) is 0.763. The predicted molar refractivity (Wildman–Crippen MR) is 60.2 cm³/mol. The van der Waals surface area contributed by atoms with Gasteiger partial charge in [-0.3, -0.25) is 4.79 Å². The van der Waals surface area contributed by atoms with E-state index in [2.05, 4.69) is 0 Å². The van der Waals surface area contributed by atoms with Crippen LogP contribution in [0.15, 0.2) is 0 Å². The molecule has 3 N–H and O–H groups in total. The van der Waals surface area contributed by atoms with Gasteiger partial charge in [-0.15, -0.1) is 17.0 Å². The van der Waals surface area contributed by atoms with Crippen molar-refractivity contribution in [3.05, 3.63) is 0 Å². The topological polar surface area (TPSA) is 111 Å². The van der Waals surface area contributed by atoms with Gasteiger partial charge in [-0.1, -0.05) is 0 Å². The first-order valence-corrected chi connectivity index (χ1v) is 4.75. The summed E-state index contributed by atoms with van der Waals surface area (Å²) in [6, 6.07) is 1.79. The van der Waals surface area contributed by atoms with Crippen molar-refractivity contribution in [3.8, 4) is 12.1 Å². The van der Waals surface area contributed by atoms with E-state index in [9.17, 15) is 4.79 Å². The van der Waals surface area contributed by atoms with E-state index in [1.807, 2.05) is 6.26 Å². The molecule has 0 aromatic carbocycles. The van der Waals surface area contributed by atoms with Crippen molar-refractivity contribution in [2.45, 2.75) is 12.5 Å². The Hall–Kier alpha value is -0.760.